The number of aromatic nitrogens is 2. The number of carbonyl (C=O) groups is 1. The fourth-order valence-corrected chi connectivity index (χ4v) is 2.54. The van der Waals surface area contributed by atoms with Gasteiger partial charge in [-0.1, -0.05) is 6.07 Å². The monoisotopic (exact) mass is 320 g/mol. The number of fused-ring (bicyclic) bond motifs is 1. The lowest BCUT2D eigenvalue weighted by Crippen LogP contribution is -2.27. The van der Waals surface area contributed by atoms with Crippen LogP contribution in [0.25, 0.3) is 0 Å². The second-order valence-corrected chi connectivity index (χ2v) is 4.72. The molecule has 1 aliphatic heterocycles. The molecule has 0 fully saturated rings. The highest BCUT2D eigenvalue weighted by Crippen LogP contribution is 2.44. The number of hydrogen-bond donors (Lipinski definition) is 3. The van der Waals surface area contributed by atoms with Crippen molar-refractivity contribution < 1.29 is 24.1 Å². The predicted octanol–water partition coefficient (Wildman–Crippen LogP) is 0.0458. The summed E-state index contributed by atoms with van der Waals surface area (Å²) in [4.78, 5) is 39.3. The summed E-state index contributed by atoms with van der Waals surface area (Å²) in [5, 5.41) is 9.85. The number of ether oxygens (including phenoxy) is 3. The summed E-state index contributed by atoms with van der Waals surface area (Å²) in [6.07, 6.45) is -1.17. The molecule has 9 nitrogen and oxygen atoms in total. The zero-order chi connectivity index (χ0) is 16.7. The lowest BCUT2D eigenvalue weighted by atomic mass is 9.99. The van der Waals surface area contributed by atoms with E-state index in [1.807, 2.05) is 4.98 Å². The normalized spacial score (nSPS) is 15.9. The second-order valence-electron chi connectivity index (χ2n) is 4.72. The molecule has 0 radical (unpaired) electrons. The van der Waals surface area contributed by atoms with Crippen molar-refractivity contribution in [1.82, 2.24) is 9.97 Å². The molecule has 1 aromatic heterocycles. The highest BCUT2D eigenvalue weighted by Gasteiger charge is 2.39. The Bertz CT molecular complexity index is 912. The predicted molar refractivity (Wildman–Crippen MR) is 76.2 cm³/mol. The van der Waals surface area contributed by atoms with E-state index in [-0.39, 0.29) is 16.9 Å². The third-order valence-corrected chi connectivity index (χ3v) is 3.51. The Labute approximate surface area is 128 Å². The summed E-state index contributed by atoms with van der Waals surface area (Å²) < 4.78 is 15.5. The summed E-state index contributed by atoms with van der Waals surface area (Å²) in [7, 11) is 2.78. The molecule has 3 N–H and O–H groups in total. The summed E-state index contributed by atoms with van der Waals surface area (Å²) in [6.45, 7) is 0. The lowest BCUT2D eigenvalue weighted by molar-refractivity contribution is 0.0447. The first-order chi connectivity index (χ1) is 11.0. The van der Waals surface area contributed by atoms with Crippen molar-refractivity contribution in [2.45, 2.75) is 6.10 Å². The van der Waals surface area contributed by atoms with E-state index >= 15 is 0 Å². The maximum atomic E-state index is 12.2. The van der Waals surface area contributed by atoms with Crippen LogP contribution in [0, 0.1) is 0 Å². The van der Waals surface area contributed by atoms with E-state index in [4.69, 9.17) is 14.2 Å². The average Bonchev–Trinajstić information content (AvgIpc) is 2.82. The maximum absolute atomic E-state index is 12.2. The first-order valence-corrected chi connectivity index (χ1v) is 6.49. The standard InChI is InChI=1S/C14H12N2O7/c1-21-6-4-3-5-7(10(6)22-2)13(19)23-9(5)8-11(17)15-14(20)16-12(8)18/h3-4,9H,1-2H3,(H3,15,16,17,18,20)/t9-/m1/s1. The summed E-state index contributed by atoms with van der Waals surface area (Å²) >= 11 is 0. The third-order valence-electron chi connectivity index (χ3n) is 3.51. The van der Waals surface area contributed by atoms with Crippen LogP contribution >= 0.6 is 0 Å². The number of H-pyrrole nitrogens is 2. The number of methoxy groups -OCH3 is 2. The minimum Gasteiger partial charge on any atom is -0.494 e. The van der Waals surface area contributed by atoms with Gasteiger partial charge in [0.15, 0.2) is 17.6 Å². The van der Waals surface area contributed by atoms with Crippen LogP contribution in [-0.4, -0.2) is 35.3 Å². The molecule has 3 rings (SSSR count). The van der Waals surface area contributed by atoms with Gasteiger partial charge in [-0.05, 0) is 6.07 Å². The van der Waals surface area contributed by atoms with Gasteiger partial charge in [-0.25, -0.2) is 9.59 Å². The molecule has 1 atom stereocenters. The Morgan fingerprint density at radius 1 is 1.13 bits per heavy atom. The van der Waals surface area contributed by atoms with E-state index in [9.17, 15) is 19.5 Å². The largest absolute Gasteiger partial charge is 0.494 e. The van der Waals surface area contributed by atoms with Crippen molar-refractivity contribution in [2.75, 3.05) is 14.2 Å². The van der Waals surface area contributed by atoms with Crippen molar-refractivity contribution in [3.8, 4) is 17.4 Å². The van der Waals surface area contributed by atoms with Crippen LogP contribution in [0.4, 0.5) is 0 Å². The molecular weight excluding hydrogens is 308 g/mol. The molecule has 2 aromatic rings. The number of aromatic amines is 2. The highest BCUT2D eigenvalue weighted by atomic mass is 16.6. The van der Waals surface area contributed by atoms with Crippen LogP contribution in [0.1, 0.15) is 27.6 Å². The first-order valence-electron chi connectivity index (χ1n) is 6.49. The van der Waals surface area contributed by atoms with Gasteiger partial charge in [0.25, 0.3) is 5.56 Å². The van der Waals surface area contributed by atoms with E-state index in [1.54, 1.807) is 6.07 Å². The van der Waals surface area contributed by atoms with Crippen LogP contribution in [0.15, 0.2) is 21.7 Å². The fraction of sp³-hybridized carbons (Fsp3) is 0.214. The summed E-state index contributed by atoms with van der Waals surface area (Å²) in [5.41, 5.74) is -1.58. The second kappa shape index (κ2) is 5.20. The Morgan fingerprint density at radius 3 is 2.48 bits per heavy atom. The smallest absolute Gasteiger partial charge is 0.343 e. The number of aromatic hydroxyl groups is 1. The third kappa shape index (κ3) is 2.13. The van der Waals surface area contributed by atoms with Gasteiger partial charge in [0.05, 0.1) is 14.2 Å². The molecule has 23 heavy (non-hydrogen) atoms. The van der Waals surface area contributed by atoms with Gasteiger partial charge in [0.2, 0.25) is 5.88 Å². The van der Waals surface area contributed by atoms with E-state index in [0.717, 1.165) is 0 Å². The number of rotatable bonds is 3. The molecule has 1 aromatic carbocycles. The molecule has 0 unspecified atom stereocenters. The van der Waals surface area contributed by atoms with Gasteiger partial charge in [-0.2, -0.15) is 0 Å². The number of cyclic esters (lactones) is 1. The molecule has 0 amide bonds. The van der Waals surface area contributed by atoms with E-state index in [0.29, 0.717) is 11.3 Å². The van der Waals surface area contributed by atoms with E-state index in [2.05, 4.69) is 4.98 Å². The van der Waals surface area contributed by atoms with E-state index in [1.165, 1.54) is 20.3 Å². The lowest BCUT2D eigenvalue weighted by Gasteiger charge is -2.12. The Hall–Kier alpha value is -3.23. The van der Waals surface area contributed by atoms with Gasteiger partial charge in [-0.15, -0.1) is 0 Å². The van der Waals surface area contributed by atoms with Crippen molar-refractivity contribution >= 4 is 5.97 Å². The number of esters is 1. The zero-order valence-electron chi connectivity index (χ0n) is 12.1. The number of carbonyl (C=O) groups excluding carboxylic acids is 1. The van der Waals surface area contributed by atoms with Gasteiger partial charge in [0.1, 0.15) is 11.1 Å². The Balaban J connectivity index is 2.25. The molecule has 0 spiro atoms. The summed E-state index contributed by atoms with van der Waals surface area (Å²) in [5.74, 6) is -0.911. The SMILES string of the molecule is COc1ccc2c(c1OC)C(=O)O[C@H]2c1c(O)[nH]c(=O)[nH]c1=O. The van der Waals surface area contributed by atoms with Crippen molar-refractivity contribution in [3.63, 3.8) is 0 Å². The number of benzene rings is 1. The Morgan fingerprint density at radius 2 is 1.87 bits per heavy atom. The van der Waals surface area contributed by atoms with Gasteiger partial charge in [0, 0.05) is 5.56 Å². The number of nitrogens with one attached hydrogen (secondary N) is 2. The van der Waals surface area contributed by atoms with Crippen molar-refractivity contribution in [3.05, 3.63) is 49.7 Å². The molecule has 2 heterocycles. The summed E-state index contributed by atoms with van der Waals surface area (Å²) in [6, 6.07) is 3.07. The van der Waals surface area contributed by atoms with Crippen LogP contribution < -0.4 is 20.7 Å². The molecular formula is C14H12N2O7. The molecule has 120 valence electrons. The minimum atomic E-state index is -1.17. The quantitative estimate of drug-likeness (QED) is 0.681. The Kier molecular flexibility index (Phi) is 3.32. The van der Waals surface area contributed by atoms with Crippen LogP contribution in [-0.2, 0) is 4.74 Å². The van der Waals surface area contributed by atoms with E-state index < -0.39 is 29.2 Å². The maximum Gasteiger partial charge on any atom is 0.343 e. The van der Waals surface area contributed by atoms with Crippen LogP contribution in [0.3, 0.4) is 0 Å². The van der Waals surface area contributed by atoms with Crippen molar-refractivity contribution in [1.29, 1.82) is 0 Å². The first kappa shape index (κ1) is 14.7. The molecule has 0 bridgehead atoms. The highest BCUT2D eigenvalue weighted by molar-refractivity contribution is 5.98. The van der Waals surface area contributed by atoms with Gasteiger partial charge < -0.3 is 19.3 Å². The minimum absolute atomic E-state index is 0.0989. The average molecular weight is 320 g/mol. The van der Waals surface area contributed by atoms with Crippen LogP contribution in [0.2, 0.25) is 0 Å². The number of hydrogen-bond acceptors (Lipinski definition) is 7. The molecule has 0 aliphatic carbocycles. The van der Waals surface area contributed by atoms with Crippen molar-refractivity contribution in [2.24, 2.45) is 0 Å². The molecule has 1 aliphatic rings. The van der Waals surface area contributed by atoms with Gasteiger partial charge >= 0.3 is 11.7 Å². The molecule has 0 saturated carbocycles. The topological polar surface area (TPSA) is 131 Å². The zero-order valence-corrected chi connectivity index (χ0v) is 12.1. The van der Waals surface area contributed by atoms with Gasteiger partial charge in [-0.3, -0.25) is 14.8 Å². The fourth-order valence-electron chi connectivity index (χ4n) is 2.54. The van der Waals surface area contributed by atoms with Crippen LogP contribution in [0.5, 0.6) is 17.4 Å². The molecule has 0 saturated heterocycles. The molecule has 9 heteroatoms.